The fourth-order valence-corrected chi connectivity index (χ4v) is 3.12. The maximum Gasteiger partial charge on any atom is 0.248 e. The SMILES string of the molecule is Cc1cc(=O)[nH]c2cc(NC(=O)C3CCCCC3)ccc12. The predicted molar refractivity (Wildman–Crippen MR) is 84.5 cm³/mol. The molecule has 2 N–H and O–H groups in total. The predicted octanol–water partition coefficient (Wildman–Crippen LogP) is 3.36. The van der Waals surface area contributed by atoms with Gasteiger partial charge in [-0.2, -0.15) is 0 Å². The van der Waals surface area contributed by atoms with Crippen molar-refractivity contribution in [1.82, 2.24) is 4.98 Å². The zero-order valence-corrected chi connectivity index (χ0v) is 12.2. The van der Waals surface area contributed by atoms with Crippen LogP contribution in [0, 0.1) is 12.8 Å². The number of carbonyl (C=O) groups is 1. The molecule has 4 nitrogen and oxygen atoms in total. The summed E-state index contributed by atoms with van der Waals surface area (Å²) in [4.78, 5) is 26.6. The van der Waals surface area contributed by atoms with Crippen LogP contribution in [-0.4, -0.2) is 10.9 Å². The van der Waals surface area contributed by atoms with Crippen molar-refractivity contribution in [2.75, 3.05) is 5.32 Å². The molecule has 4 heteroatoms. The molecule has 0 aliphatic heterocycles. The highest BCUT2D eigenvalue weighted by Gasteiger charge is 2.21. The molecule has 1 aliphatic carbocycles. The van der Waals surface area contributed by atoms with Crippen molar-refractivity contribution in [2.45, 2.75) is 39.0 Å². The Kier molecular flexibility index (Phi) is 3.78. The van der Waals surface area contributed by atoms with Crippen LogP contribution >= 0.6 is 0 Å². The number of hydrogen-bond acceptors (Lipinski definition) is 2. The lowest BCUT2D eigenvalue weighted by atomic mass is 9.88. The highest BCUT2D eigenvalue weighted by Crippen LogP contribution is 2.26. The highest BCUT2D eigenvalue weighted by atomic mass is 16.2. The van der Waals surface area contributed by atoms with Gasteiger partial charge in [0.15, 0.2) is 0 Å². The number of amides is 1. The van der Waals surface area contributed by atoms with Crippen LogP contribution in [0.25, 0.3) is 10.9 Å². The number of benzene rings is 1. The van der Waals surface area contributed by atoms with Crippen LogP contribution < -0.4 is 10.9 Å². The number of anilines is 1. The van der Waals surface area contributed by atoms with Gasteiger partial charge in [0.05, 0.1) is 5.52 Å². The van der Waals surface area contributed by atoms with Crippen LogP contribution in [-0.2, 0) is 4.79 Å². The van der Waals surface area contributed by atoms with E-state index in [9.17, 15) is 9.59 Å². The Morgan fingerprint density at radius 3 is 2.71 bits per heavy atom. The summed E-state index contributed by atoms with van der Waals surface area (Å²) >= 11 is 0. The third-order valence-corrected chi connectivity index (χ3v) is 4.29. The number of fused-ring (bicyclic) bond motifs is 1. The molecular weight excluding hydrogens is 264 g/mol. The van der Waals surface area contributed by atoms with Crippen molar-refractivity contribution in [2.24, 2.45) is 5.92 Å². The number of hydrogen-bond donors (Lipinski definition) is 2. The lowest BCUT2D eigenvalue weighted by molar-refractivity contribution is -0.120. The number of aromatic nitrogens is 1. The molecule has 1 aromatic carbocycles. The van der Waals surface area contributed by atoms with Gasteiger partial charge in [-0.3, -0.25) is 9.59 Å². The van der Waals surface area contributed by atoms with Crippen molar-refractivity contribution in [3.8, 4) is 0 Å². The molecule has 1 amide bonds. The van der Waals surface area contributed by atoms with Crippen molar-refractivity contribution in [1.29, 1.82) is 0 Å². The number of rotatable bonds is 2. The molecule has 1 aromatic heterocycles. The minimum absolute atomic E-state index is 0.101. The molecule has 3 rings (SSSR count). The molecule has 2 aromatic rings. The number of nitrogens with one attached hydrogen (secondary N) is 2. The molecule has 0 radical (unpaired) electrons. The standard InChI is InChI=1S/C17H20N2O2/c1-11-9-16(20)19-15-10-13(7-8-14(11)15)18-17(21)12-5-3-2-4-6-12/h7-10,12H,2-6H2,1H3,(H,18,21)(H,19,20). The van der Waals surface area contributed by atoms with Crippen LogP contribution in [0.15, 0.2) is 29.1 Å². The zero-order valence-electron chi connectivity index (χ0n) is 12.2. The molecular formula is C17H20N2O2. The summed E-state index contributed by atoms with van der Waals surface area (Å²) < 4.78 is 0. The molecule has 1 saturated carbocycles. The highest BCUT2D eigenvalue weighted by molar-refractivity contribution is 5.95. The van der Waals surface area contributed by atoms with Crippen LogP contribution in [0.2, 0.25) is 0 Å². The van der Waals surface area contributed by atoms with Crippen molar-refractivity contribution in [3.63, 3.8) is 0 Å². The second kappa shape index (κ2) is 5.72. The van der Waals surface area contributed by atoms with Crippen LogP contribution in [0.1, 0.15) is 37.7 Å². The summed E-state index contributed by atoms with van der Waals surface area (Å²) in [6.45, 7) is 1.91. The molecule has 0 saturated heterocycles. The van der Waals surface area contributed by atoms with Crippen molar-refractivity contribution >= 4 is 22.5 Å². The third kappa shape index (κ3) is 2.99. The molecule has 0 spiro atoms. The van der Waals surface area contributed by atoms with Crippen LogP contribution in [0.3, 0.4) is 0 Å². The Bertz CT molecular complexity index is 727. The lowest BCUT2D eigenvalue weighted by Gasteiger charge is -2.20. The monoisotopic (exact) mass is 284 g/mol. The Labute approximate surface area is 123 Å². The lowest BCUT2D eigenvalue weighted by Crippen LogP contribution is -2.24. The average Bonchev–Trinajstić information content (AvgIpc) is 2.47. The van der Waals surface area contributed by atoms with E-state index in [0.717, 1.165) is 47.8 Å². The third-order valence-electron chi connectivity index (χ3n) is 4.29. The summed E-state index contributed by atoms with van der Waals surface area (Å²) in [7, 11) is 0. The van der Waals surface area contributed by atoms with E-state index in [1.165, 1.54) is 6.42 Å². The van der Waals surface area contributed by atoms with Gasteiger partial charge >= 0.3 is 0 Å². The van der Waals surface area contributed by atoms with E-state index in [4.69, 9.17) is 0 Å². The van der Waals surface area contributed by atoms with E-state index in [1.54, 1.807) is 6.07 Å². The summed E-state index contributed by atoms with van der Waals surface area (Å²) in [5, 5.41) is 3.99. The van der Waals surface area contributed by atoms with E-state index in [0.29, 0.717) is 0 Å². The summed E-state index contributed by atoms with van der Waals surface area (Å²) in [6.07, 6.45) is 5.48. The maximum absolute atomic E-state index is 12.3. The first kappa shape index (κ1) is 13.9. The normalized spacial score (nSPS) is 16.0. The number of pyridine rings is 1. The first-order valence-corrected chi connectivity index (χ1v) is 7.58. The maximum atomic E-state index is 12.3. The Hall–Kier alpha value is -2.10. The van der Waals surface area contributed by atoms with Gasteiger partial charge in [-0.05, 0) is 37.5 Å². The second-order valence-corrected chi connectivity index (χ2v) is 5.90. The first-order chi connectivity index (χ1) is 10.1. The molecule has 21 heavy (non-hydrogen) atoms. The fourth-order valence-electron chi connectivity index (χ4n) is 3.12. The zero-order chi connectivity index (χ0) is 14.8. The van der Waals surface area contributed by atoms with Gasteiger partial charge in [-0.1, -0.05) is 25.3 Å². The van der Waals surface area contributed by atoms with Gasteiger partial charge in [0, 0.05) is 23.1 Å². The largest absolute Gasteiger partial charge is 0.326 e. The molecule has 110 valence electrons. The van der Waals surface area contributed by atoms with E-state index in [-0.39, 0.29) is 17.4 Å². The van der Waals surface area contributed by atoms with Gasteiger partial charge < -0.3 is 10.3 Å². The minimum atomic E-state index is -0.115. The molecule has 1 aliphatic rings. The molecule has 1 heterocycles. The van der Waals surface area contributed by atoms with E-state index in [1.807, 2.05) is 25.1 Å². The first-order valence-electron chi connectivity index (χ1n) is 7.58. The van der Waals surface area contributed by atoms with Crippen molar-refractivity contribution in [3.05, 3.63) is 40.2 Å². The van der Waals surface area contributed by atoms with Crippen molar-refractivity contribution < 1.29 is 4.79 Å². The summed E-state index contributed by atoms with van der Waals surface area (Å²) in [5.74, 6) is 0.232. The minimum Gasteiger partial charge on any atom is -0.326 e. The van der Waals surface area contributed by atoms with Gasteiger partial charge in [0.2, 0.25) is 11.5 Å². The average molecular weight is 284 g/mol. The van der Waals surface area contributed by atoms with E-state index < -0.39 is 0 Å². The Morgan fingerprint density at radius 1 is 1.19 bits per heavy atom. The van der Waals surface area contributed by atoms with E-state index in [2.05, 4.69) is 10.3 Å². The van der Waals surface area contributed by atoms with Gasteiger partial charge in [0.1, 0.15) is 0 Å². The Morgan fingerprint density at radius 2 is 1.95 bits per heavy atom. The number of carbonyl (C=O) groups excluding carboxylic acids is 1. The van der Waals surface area contributed by atoms with Gasteiger partial charge in [-0.25, -0.2) is 0 Å². The fraction of sp³-hybridized carbons (Fsp3) is 0.412. The quantitative estimate of drug-likeness (QED) is 0.888. The molecule has 1 fully saturated rings. The smallest absolute Gasteiger partial charge is 0.248 e. The van der Waals surface area contributed by atoms with Crippen LogP contribution in [0.5, 0.6) is 0 Å². The molecule has 0 bridgehead atoms. The van der Waals surface area contributed by atoms with E-state index >= 15 is 0 Å². The van der Waals surface area contributed by atoms with Crippen LogP contribution in [0.4, 0.5) is 5.69 Å². The van der Waals surface area contributed by atoms with Gasteiger partial charge in [-0.15, -0.1) is 0 Å². The molecule has 0 unspecified atom stereocenters. The van der Waals surface area contributed by atoms with Gasteiger partial charge in [0.25, 0.3) is 0 Å². The topological polar surface area (TPSA) is 62.0 Å². The number of H-pyrrole nitrogens is 1. The number of aromatic amines is 1. The molecule has 0 atom stereocenters. The Balaban J connectivity index is 1.84. The number of aryl methyl sites for hydroxylation is 1. The second-order valence-electron chi connectivity index (χ2n) is 5.90. The summed E-state index contributed by atoms with van der Waals surface area (Å²) in [6, 6.07) is 7.26. The summed E-state index contributed by atoms with van der Waals surface area (Å²) in [5.41, 5.74) is 2.34.